The summed E-state index contributed by atoms with van der Waals surface area (Å²) in [4.78, 5) is 9.10. The van der Waals surface area contributed by atoms with Gasteiger partial charge in [-0.3, -0.25) is 0 Å². The first-order valence-corrected chi connectivity index (χ1v) is 7.44. The molecule has 1 rings (SSSR count). The third-order valence-electron chi connectivity index (χ3n) is 2.38. The summed E-state index contributed by atoms with van der Waals surface area (Å²) in [6, 6.07) is 0. The maximum absolute atomic E-state index is 5.13. The quantitative estimate of drug-likeness (QED) is 0.756. The summed E-state index contributed by atoms with van der Waals surface area (Å²) in [5.41, 5.74) is 1.12. The van der Waals surface area contributed by atoms with Crippen LogP contribution in [0.3, 0.4) is 0 Å². The van der Waals surface area contributed by atoms with Gasteiger partial charge in [0, 0.05) is 13.7 Å². The van der Waals surface area contributed by atoms with Crippen molar-refractivity contribution in [2.75, 3.05) is 19.0 Å². The van der Waals surface area contributed by atoms with Crippen LogP contribution in [0.25, 0.3) is 0 Å². The second kappa shape index (κ2) is 7.89. The first-order valence-electron chi connectivity index (χ1n) is 6.36. The van der Waals surface area contributed by atoms with Gasteiger partial charge in [-0.25, -0.2) is 9.97 Å². The molecule has 0 saturated heterocycles. The molecule has 0 unspecified atom stereocenters. The van der Waals surface area contributed by atoms with E-state index in [2.05, 4.69) is 58.6 Å². The van der Waals surface area contributed by atoms with Gasteiger partial charge in [-0.05, 0) is 41.4 Å². The van der Waals surface area contributed by atoms with Crippen molar-refractivity contribution in [2.24, 2.45) is 5.92 Å². The number of halogens is 1. The highest BCUT2D eigenvalue weighted by Crippen LogP contribution is 2.22. The summed E-state index contributed by atoms with van der Waals surface area (Å²) in [7, 11) is 1.67. The van der Waals surface area contributed by atoms with Gasteiger partial charge >= 0.3 is 0 Å². The van der Waals surface area contributed by atoms with E-state index in [-0.39, 0.29) is 0 Å². The number of rotatable bonds is 7. The molecule has 1 aromatic rings. The first-order chi connectivity index (χ1) is 8.58. The Morgan fingerprint density at radius 1 is 1.33 bits per heavy atom. The maximum atomic E-state index is 5.13. The lowest BCUT2D eigenvalue weighted by atomic mass is 10.1. The van der Waals surface area contributed by atoms with Crippen molar-refractivity contribution in [3.05, 3.63) is 15.1 Å². The Hall–Kier alpha value is -0.430. The van der Waals surface area contributed by atoms with Crippen LogP contribution in [0.2, 0.25) is 0 Å². The van der Waals surface area contributed by atoms with Gasteiger partial charge in [-0.15, -0.1) is 0 Å². The Kier molecular flexibility index (Phi) is 6.85. The summed E-state index contributed by atoms with van der Waals surface area (Å²) in [5.74, 6) is 2.28. The number of hydrogen-bond donors (Lipinski definition) is 1. The summed E-state index contributed by atoms with van der Waals surface area (Å²) in [5, 5.41) is 3.36. The van der Waals surface area contributed by atoms with Gasteiger partial charge in [0.15, 0.2) is 5.82 Å². The van der Waals surface area contributed by atoms with Crippen molar-refractivity contribution in [2.45, 2.75) is 40.2 Å². The predicted octanol–water partition coefficient (Wildman–Crippen LogP) is 3.25. The number of hydrogen-bond acceptors (Lipinski definition) is 4. The Morgan fingerprint density at radius 3 is 2.61 bits per heavy atom. The third-order valence-corrected chi connectivity index (χ3v) is 3.52. The molecule has 1 N–H and O–H groups in total. The van der Waals surface area contributed by atoms with Gasteiger partial charge in [0.2, 0.25) is 0 Å². The molecule has 0 aliphatic heterocycles. The molecule has 0 atom stereocenters. The molecule has 5 heteroatoms. The van der Waals surface area contributed by atoms with Gasteiger partial charge in [0.1, 0.15) is 12.4 Å². The van der Waals surface area contributed by atoms with E-state index in [0.29, 0.717) is 12.5 Å². The lowest BCUT2D eigenvalue weighted by molar-refractivity contribution is 0.177. The monoisotopic (exact) mass is 363 g/mol. The van der Waals surface area contributed by atoms with Crippen LogP contribution in [0, 0.1) is 9.49 Å². The van der Waals surface area contributed by atoms with Gasteiger partial charge in [-0.1, -0.05) is 20.8 Å². The van der Waals surface area contributed by atoms with Gasteiger partial charge in [0.25, 0.3) is 0 Å². The molecule has 102 valence electrons. The zero-order chi connectivity index (χ0) is 13.5. The van der Waals surface area contributed by atoms with Crippen LogP contribution in [-0.2, 0) is 17.8 Å². The average Bonchev–Trinajstić information content (AvgIpc) is 2.31. The van der Waals surface area contributed by atoms with E-state index in [9.17, 15) is 0 Å². The van der Waals surface area contributed by atoms with Gasteiger partial charge < -0.3 is 10.1 Å². The Balaban J connectivity index is 3.02. The molecule has 0 spiro atoms. The summed E-state index contributed by atoms with van der Waals surface area (Å²) in [6.07, 6.45) is 2.05. The molecule has 0 aromatic carbocycles. The minimum absolute atomic E-state index is 0.461. The second-order valence-corrected chi connectivity index (χ2v) is 5.79. The van der Waals surface area contributed by atoms with Crippen LogP contribution in [-0.4, -0.2) is 23.6 Å². The van der Waals surface area contributed by atoms with Crippen molar-refractivity contribution in [3.8, 4) is 0 Å². The van der Waals surface area contributed by atoms with Crippen LogP contribution in [0.15, 0.2) is 0 Å². The summed E-state index contributed by atoms with van der Waals surface area (Å²) < 4.78 is 6.27. The summed E-state index contributed by atoms with van der Waals surface area (Å²) >= 11 is 2.33. The fourth-order valence-corrected chi connectivity index (χ4v) is 2.27. The summed E-state index contributed by atoms with van der Waals surface area (Å²) in [6.45, 7) is 7.94. The second-order valence-electron chi connectivity index (χ2n) is 4.71. The first kappa shape index (κ1) is 15.6. The molecule has 0 saturated carbocycles. The van der Waals surface area contributed by atoms with Crippen LogP contribution in [0.4, 0.5) is 5.82 Å². The van der Waals surface area contributed by atoms with Crippen molar-refractivity contribution >= 4 is 28.4 Å². The zero-order valence-corrected chi connectivity index (χ0v) is 13.7. The minimum Gasteiger partial charge on any atom is -0.377 e. The van der Waals surface area contributed by atoms with Gasteiger partial charge in [0.05, 0.1) is 9.26 Å². The molecule has 1 aromatic heterocycles. The molecule has 0 fully saturated rings. The molecule has 0 amide bonds. The van der Waals surface area contributed by atoms with Crippen LogP contribution >= 0.6 is 22.6 Å². The lowest BCUT2D eigenvalue weighted by Crippen LogP contribution is -2.12. The molecule has 0 aliphatic rings. The smallest absolute Gasteiger partial charge is 0.156 e. The number of nitrogens with one attached hydrogen (secondary N) is 1. The number of aromatic nitrogens is 2. The third kappa shape index (κ3) is 4.68. The molecular weight excluding hydrogens is 341 g/mol. The van der Waals surface area contributed by atoms with E-state index < -0.39 is 0 Å². The van der Waals surface area contributed by atoms with Crippen molar-refractivity contribution in [3.63, 3.8) is 0 Å². The Bertz CT molecular complexity index is 383. The topological polar surface area (TPSA) is 47.0 Å². The number of ether oxygens (including phenoxy) is 1. The number of methoxy groups -OCH3 is 1. The van der Waals surface area contributed by atoms with E-state index in [1.54, 1.807) is 7.11 Å². The molecule has 18 heavy (non-hydrogen) atoms. The van der Waals surface area contributed by atoms with E-state index >= 15 is 0 Å². The predicted molar refractivity (Wildman–Crippen MR) is 82.8 cm³/mol. The maximum Gasteiger partial charge on any atom is 0.156 e. The van der Waals surface area contributed by atoms with E-state index in [1.807, 2.05) is 0 Å². The van der Waals surface area contributed by atoms with Crippen molar-refractivity contribution in [1.82, 2.24) is 9.97 Å². The van der Waals surface area contributed by atoms with E-state index in [1.165, 1.54) is 0 Å². The zero-order valence-electron chi connectivity index (χ0n) is 11.6. The van der Waals surface area contributed by atoms with E-state index in [0.717, 1.165) is 40.3 Å². The molecule has 0 bridgehead atoms. The molecule has 0 radical (unpaired) electrons. The van der Waals surface area contributed by atoms with Gasteiger partial charge in [-0.2, -0.15) is 0 Å². The standard InChI is InChI=1S/C13H22IN3O/c1-5-6-15-13-12(14)10(7-9(2)3)16-11(17-13)8-18-4/h9H,5-8H2,1-4H3,(H,15,16,17). The highest BCUT2D eigenvalue weighted by Gasteiger charge is 2.13. The lowest BCUT2D eigenvalue weighted by Gasteiger charge is -2.13. The molecule has 4 nitrogen and oxygen atoms in total. The Labute approximate surface area is 123 Å². The molecule has 0 aliphatic carbocycles. The molecular formula is C13H22IN3O. The van der Waals surface area contributed by atoms with E-state index in [4.69, 9.17) is 4.74 Å². The fourth-order valence-electron chi connectivity index (χ4n) is 1.62. The van der Waals surface area contributed by atoms with Crippen molar-refractivity contribution in [1.29, 1.82) is 0 Å². The van der Waals surface area contributed by atoms with Crippen molar-refractivity contribution < 1.29 is 4.74 Å². The van der Waals surface area contributed by atoms with Crippen LogP contribution in [0.1, 0.15) is 38.7 Å². The van der Waals surface area contributed by atoms with Crippen LogP contribution in [0.5, 0.6) is 0 Å². The average molecular weight is 363 g/mol. The Morgan fingerprint density at radius 2 is 2.06 bits per heavy atom. The van der Waals surface area contributed by atoms with Crippen LogP contribution < -0.4 is 5.32 Å². The molecule has 1 heterocycles. The SMILES string of the molecule is CCCNc1nc(COC)nc(CC(C)C)c1I. The normalized spacial score (nSPS) is 11.0. The number of anilines is 1. The highest BCUT2D eigenvalue weighted by atomic mass is 127. The number of nitrogens with zero attached hydrogens (tertiary/aromatic N) is 2. The highest BCUT2D eigenvalue weighted by molar-refractivity contribution is 14.1. The largest absolute Gasteiger partial charge is 0.377 e. The minimum atomic E-state index is 0.461. The fraction of sp³-hybridized carbons (Fsp3) is 0.692.